The lowest BCUT2D eigenvalue weighted by Crippen LogP contribution is -2.37. The molecule has 0 bridgehead atoms. The first-order chi connectivity index (χ1) is 12.3. The van der Waals surface area contributed by atoms with E-state index in [4.69, 9.17) is 4.74 Å². The van der Waals surface area contributed by atoms with E-state index in [1.807, 2.05) is 12.1 Å². The van der Waals surface area contributed by atoms with Crippen LogP contribution in [0, 0.1) is 0 Å². The van der Waals surface area contributed by atoms with Gasteiger partial charge in [-0.05, 0) is 69.2 Å². The van der Waals surface area contributed by atoms with Crippen LogP contribution in [0.4, 0.5) is 0 Å². The number of hydrogen-bond donors (Lipinski definition) is 1. The van der Waals surface area contributed by atoms with Crippen molar-refractivity contribution in [3.05, 3.63) is 41.5 Å². The van der Waals surface area contributed by atoms with Crippen LogP contribution in [0.2, 0.25) is 0 Å². The molecule has 1 aliphatic carbocycles. The molecule has 136 valence electrons. The Morgan fingerprint density at radius 2 is 2.08 bits per heavy atom. The number of nitrogens with zero attached hydrogens (tertiary/aromatic N) is 1. The summed E-state index contributed by atoms with van der Waals surface area (Å²) >= 11 is 0. The zero-order chi connectivity index (χ0) is 17.5. The molecule has 1 aliphatic heterocycles. The molecule has 1 unspecified atom stereocenters. The number of methoxy groups -OCH3 is 1. The second-order valence-electron chi connectivity index (χ2n) is 7.11. The van der Waals surface area contributed by atoms with Crippen LogP contribution in [-0.4, -0.2) is 37.6 Å². The van der Waals surface area contributed by atoms with Gasteiger partial charge >= 0.3 is 0 Å². The first-order valence-corrected chi connectivity index (χ1v) is 9.59. The third kappa shape index (κ3) is 5.08. The summed E-state index contributed by atoms with van der Waals surface area (Å²) in [7, 11) is 1.69. The van der Waals surface area contributed by atoms with Gasteiger partial charge in [-0.15, -0.1) is 0 Å². The number of amides is 1. The summed E-state index contributed by atoms with van der Waals surface area (Å²) in [5.41, 5.74) is 2.79. The molecule has 4 heteroatoms. The average molecular weight is 342 g/mol. The van der Waals surface area contributed by atoms with E-state index in [1.54, 1.807) is 7.11 Å². The molecular formula is C21H30N2O2. The summed E-state index contributed by atoms with van der Waals surface area (Å²) in [6.45, 7) is 2.26. The molecule has 0 radical (unpaired) electrons. The summed E-state index contributed by atoms with van der Waals surface area (Å²) in [5, 5.41) is 3.11. The van der Waals surface area contributed by atoms with Crippen LogP contribution < -0.4 is 10.1 Å². The van der Waals surface area contributed by atoms with E-state index in [9.17, 15) is 4.79 Å². The van der Waals surface area contributed by atoms with Crippen molar-refractivity contribution in [2.45, 2.75) is 51.0 Å². The van der Waals surface area contributed by atoms with Gasteiger partial charge in [-0.3, -0.25) is 9.69 Å². The Hall–Kier alpha value is -1.81. The number of carbonyl (C=O) groups excluding carboxylic acids is 1. The normalized spacial score (nSPS) is 21.0. The maximum Gasteiger partial charge on any atom is 0.234 e. The molecule has 4 nitrogen and oxygen atoms in total. The molecule has 3 rings (SSSR count). The van der Waals surface area contributed by atoms with Gasteiger partial charge in [-0.2, -0.15) is 0 Å². The summed E-state index contributed by atoms with van der Waals surface area (Å²) in [6, 6.07) is 8.59. The monoisotopic (exact) mass is 342 g/mol. The second kappa shape index (κ2) is 9.04. The lowest BCUT2D eigenvalue weighted by atomic mass is 9.97. The summed E-state index contributed by atoms with van der Waals surface area (Å²) in [5.74, 6) is 1.03. The van der Waals surface area contributed by atoms with Crippen molar-refractivity contribution in [1.29, 1.82) is 0 Å². The summed E-state index contributed by atoms with van der Waals surface area (Å²) < 4.78 is 5.24. The van der Waals surface area contributed by atoms with Crippen LogP contribution in [0.3, 0.4) is 0 Å². The molecule has 0 spiro atoms. The summed E-state index contributed by atoms with van der Waals surface area (Å²) in [4.78, 5) is 14.6. The number of benzene rings is 1. The number of hydrogen-bond acceptors (Lipinski definition) is 3. The lowest BCUT2D eigenvalue weighted by Gasteiger charge is -2.24. The second-order valence-corrected chi connectivity index (χ2v) is 7.11. The highest BCUT2D eigenvalue weighted by molar-refractivity contribution is 5.78. The van der Waals surface area contributed by atoms with Crippen molar-refractivity contribution >= 4 is 5.91 Å². The first-order valence-electron chi connectivity index (χ1n) is 9.59. The number of carbonyl (C=O) groups is 1. The van der Waals surface area contributed by atoms with Gasteiger partial charge in [0.2, 0.25) is 5.91 Å². The number of nitrogens with one attached hydrogen (secondary N) is 1. The molecule has 1 amide bonds. The number of rotatable bonds is 7. The Balaban J connectivity index is 1.47. The van der Waals surface area contributed by atoms with E-state index in [0.717, 1.165) is 38.1 Å². The fraction of sp³-hybridized carbons (Fsp3) is 0.571. The van der Waals surface area contributed by atoms with Gasteiger partial charge in [-0.1, -0.05) is 23.8 Å². The zero-order valence-corrected chi connectivity index (χ0v) is 15.3. The smallest absolute Gasteiger partial charge is 0.234 e. The topological polar surface area (TPSA) is 41.6 Å². The standard InChI is InChI=1S/C21H30N2O2/c1-25-19-11-9-18(10-12-19)20-8-5-15-23(20)16-21(24)22-14-13-17-6-3-2-4-7-17/h6,9-12,20H,2-5,7-8,13-16H2,1H3,(H,22,24). The van der Waals surface area contributed by atoms with Crippen molar-refractivity contribution in [3.8, 4) is 5.75 Å². The van der Waals surface area contributed by atoms with E-state index in [0.29, 0.717) is 12.6 Å². The minimum Gasteiger partial charge on any atom is -0.497 e. The Morgan fingerprint density at radius 3 is 2.80 bits per heavy atom. The molecule has 1 heterocycles. The van der Waals surface area contributed by atoms with Crippen molar-refractivity contribution in [1.82, 2.24) is 10.2 Å². The fourth-order valence-corrected chi connectivity index (χ4v) is 3.95. The van der Waals surface area contributed by atoms with Crippen LogP contribution in [0.5, 0.6) is 5.75 Å². The van der Waals surface area contributed by atoms with E-state index in [2.05, 4.69) is 28.4 Å². The third-order valence-electron chi connectivity index (χ3n) is 5.36. The number of likely N-dealkylation sites (tertiary alicyclic amines) is 1. The van der Waals surface area contributed by atoms with Crippen molar-refractivity contribution in [3.63, 3.8) is 0 Å². The van der Waals surface area contributed by atoms with Gasteiger partial charge in [0.1, 0.15) is 5.75 Å². The van der Waals surface area contributed by atoms with Crippen LogP contribution >= 0.6 is 0 Å². The van der Waals surface area contributed by atoms with Gasteiger partial charge in [0.15, 0.2) is 0 Å². The summed E-state index contributed by atoms with van der Waals surface area (Å²) in [6.07, 6.45) is 10.7. The maximum absolute atomic E-state index is 12.3. The molecule has 1 saturated heterocycles. The quantitative estimate of drug-likeness (QED) is 0.766. The van der Waals surface area contributed by atoms with Crippen LogP contribution in [-0.2, 0) is 4.79 Å². The average Bonchev–Trinajstić information content (AvgIpc) is 3.10. The third-order valence-corrected chi connectivity index (χ3v) is 5.36. The molecule has 2 aliphatic rings. The van der Waals surface area contributed by atoms with Crippen molar-refractivity contribution in [2.24, 2.45) is 0 Å². The van der Waals surface area contributed by atoms with Gasteiger partial charge in [-0.25, -0.2) is 0 Å². The van der Waals surface area contributed by atoms with E-state index < -0.39 is 0 Å². The highest BCUT2D eigenvalue weighted by Gasteiger charge is 2.27. The minimum absolute atomic E-state index is 0.150. The zero-order valence-electron chi connectivity index (χ0n) is 15.3. The van der Waals surface area contributed by atoms with E-state index in [-0.39, 0.29) is 5.91 Å². The fourth-order valence-electron chi connectivity index (χ4n) is 3.95. The molecule has 0 saturated carbocycles. The molecule has 1 fully saturated rings. The predicted molar refractivity (Wildman–Crippen MR) is 101 cm³/mol. The largest absolute Gasteiger partial charge is 0.497 e. The number of ether oxygens (including phenoxy) is 1. The Kier molecular flexibility index (Phi) is 6.51. The highest BCUT2D eigenvalue weighted by atomic mass is 16.5. The van der Waals surface area contributed by atoms with E-state index >= 15 is 0 Å². The van der Waals surface area contributed by atoms with Crippen LogP contribution in [0.15, 0.2) is 35.9 Å². The van der Waals surface area contributed by atoms with Gasteiger partial charge in [0, 0.05) is 12.6 Å². The van der Waals surface area contributed by atoms with Crippen LogP contribution in [0.1, 0.15) is 56.6 Å². The van der Waals surface area contributed by atoms with Gasteiger partial charge in [0.05, 0.1) is 13.7 Å². The molecule has 1 aromatic rings. The SMILES string of the molecule is COc1ccc(C2CCCN2CC(=O)NCCC2=CCCCC2)cc1. The van der Waals surface area contributed by atoms with E-state index in [1.165, 1.54) is 36.8 Å². The number of allylic oxidation sites excluding steroid dienone is 1. The van der Waals surface area contributed by atoms with Gasteiger partial charge < -0.3 is 10.1 Å². The Morgan fingerprint density at radius 1 is 1.24 bits per heavy atom. The molecule has 25 heavy (non-hydrogen) atoms. The van der Waals surface area contributed by atoms with Crippen LogP contribution in [0.25, 0.3) is 0 Å². The highest BCUT2D eigenvalue weighted by Crippen LogP contribution is 2.32. The van der Waals surface area contributed by atoms with Crippen molar-refractivity contribution in [2.75, 3.05) is 26.7 Å². The lowest BCUT2D eigenvalue weighted by molar-refractivity contribution is -0.122. The first kappa shape index (κ1) is 18.0. The molecule has 1 aromatic carbocycles. The molecule has 0 aromatic heterocycles. The Bertz CT molecular complexity index is 594. The molecular weight excluding hydrogens is 312 g/mol. The molecule has 1 N–H and O–H groups in total. The predicted octanol–water partition coefficient (Wildman–Crippen LogP) is 3.84. The Labute approximate surface area is 151 Å². The molecule has 1 atom stereocenters. The van der Waals surface area contributed by atoms with Crippen molar-refractivity contribution < 1.29 is 9.53 Å². The maximum atomic E-state index is 12.3. The van der Waals surface area contributed by atoms with Gasteiger partial charge in [0.25, 0.3) is 0 Å². The minimum atomic E-state index is 0.150.